The van der Waals surface area contributed by atoms with Crippen LogP contribution in [0.2, 0.25) is 0 Å². The first-order chi connectivity index (χ1) is 12.0. The molecule has 6 nitrogen and oxygen atoms in total. The fraction of sp³-hybridized carbons (Fsp3) is 0.444. The maximum absolute atomic E-state index is 14.0. The third-order valence-electron chi connectivity index (χ3n) is 4.40. The van der Waals surface area contributed by atoms with Gasteiger partial charge in [0.1, 0.15) is 5.70 Å². The summed E-state index contributed by atoms with van der Waals surface area (Å²) in [4.78, 5) is 12.1. The Kier molecular flexibility index (Phi) is 5.15. The van der Waals surface area contributed by atoms with Crippen LogP contribution < -0.4 is 16.4 Å². The fourth-order valence-electron chi connectivity index (χ4n) is 2.77. The van der Waals surface area contributed by atoms with Crippen LogP contribution in [-0.4, -0.2) is 30.8 Å². The zero-order valence-electron chi connectivity index (χ0n) is 14.1. The molecule has 1 saturated carbocycles. The lowest BCUT2D eigenvalue weighted by Gasteiger charge is -2.29. The fourth-order valence-corrected chi connectivity index (χ4v) is 2.77. The van der Waals surface area contributed by atoms with Crippen molar-refractivity contribution in [3.8, 4) is 0 Å². The number of hydrogen-bond acceptors (Lipinski definition) is 5. The molecule has 5 N–H and O–H groups in total. The minimum Gasteiger partial charge on any atom is -0.392 e. The summed E-state index contributed by atoms with van der Waals surface area (Å²) < 4.78 is 19.9. The first-order valence-corrected chi connectivity index (χ1v) is 8.47. The molecule has 1 aromatic carbocycles. The first-order valence-electron chi connectivity index (χ1n) is 8.47. The highest BCUT2D eigenvalue weighted by Crippen LogP contribution is 2.33. The minimum atomic E-state index is -0.924. The van der Waals surface area contributed by atoms with E-state index in [4.69, 9.17) is 15.9 Å². The van der Waals surface area contributed by atoms with Gasteiger partial charge in [-0.2, -0.15) is 0 Å². The van der Waals surface area contributed by atoms with E-state index in [1.54, 1.807) is 12.1 Å². The third kappa shape index (κ3) is 4.24. The second-order valence-corrected chi connectivity index (χ2v) is 6.59. The van der Waals surface area contributed by atoms with Crippen molar-refractivity contribution >= 4 is 17.3 Å². The van der Waals surface area contributed by atoms with Crippen LogP contribution >= 0.6 is 0 Å². The Morgan fingerprint density at radius 3 is 2.60 bits per heavy atom. The second-order valence-electron chi connectivity index (χ2n) is 6.59. The van der Waals surface area contributed by atoms with Gasteiger partial charge in [-0.25, -0.2) is 4.39 Å². The van der Waals surface area contributed by atoms with Gasteiger partial charge < -0.3 is 26.5 Å². The van der Waals surface area contributed by atoms with Gasteiger partial charge in [0.05, 0.1) is 17.9 Å². The van der Waals surface area contributed by atoms with Crippen LogP contribution in [0, 0.1) is 11.3 Å². The molecule has 1 amide bonds. The van der Waals surface area contributed by atoms with Crippen LogP contribution in [0.4, 0.5) is 10.1 Å². The molecule has 2 fully saturated rings. The normalized spacial score (nSPS) is 24.4. The van der Waals surface area contributed by atoms with Crippen molar-refractivity contribution in [2.45, 2.75) is 32.0 Å². The lowest BCUT2D eigenvalue weighted by molar-refractivity contribution is -0.113. The number of ether oxygens (including phenoxy) is 1. The van der Waals surface area contributed by atoms with E-state index in [1.807, 2.05) is 19.1 Å². The second kappa shape index (κ2) is 7.33. The summed E-state index contributed by atoms with van der Waals surface area (Å²) in [7, 11) is 0. The molecule has 0 unspecified atom stereocenters. The van der Waals surface area contributed by atoms with Crippen molar-refractivity contribution in [2.75, 3.05) is 18.4 Å². The van der Waals surface area contributed by atoms with E-state index in [1.165, 1.54) is 0 Å². The predicted molar refractivity (Wildman–Crippen MR) is 94.0 cm³/mol. The van der Waals surface area contributed by atoms with Gasteiger partial charge in [0.25, 0.3) is 5.91 Å². The number of hydrogen-bond donors (Lipinski definition) is 4. The summed E-state index contributed by atoms with van der Waals surface area (Å²) in [5.74, 6) is -1.76. The maximum Gasteiger partial charge on any atom is 0.274 e. The highest BCUT2D eigenvalue weighted by Gasteiger charge is 2.31. The summed E-state index contributed by atoms with van der Waals surface area (Å²) in [5, 5.41) is 13.5. The summed E-state index contributed by atoms with van der Waals surface area (Å²) in [6, 6.07) is 7.19. The van der Waals surface area contributed by atoms with E-state index in [0.717, 1.165) is 31.5 Å². The largest absolute Gasteiger partial charge is 0.392 e. The van der Waals surface area contributed by atoms with E-state index < -0.39 is 17.4 Å². The van der Waals surface area contributed by atoms with Gasteiger partial charge in [-0.1, -0.05) is 12.1 Å². The Labute approximate surface area is 146 Å². The number of rotatable bonds is 5. The van der Waals surface area contributed by atoms with Crippen molar-refractivity contribution in [1.29, 1.82) is 5.41 Å². The zero-order chi connectivity index (χ0) is 18.0. The molecule has 0 bridgehead atoms. The molecule has 0 aromatic heterocycles. The highest BCUT2D eigenvalue weighted by atomic mass is 19.1. The van der Waals surface area contributed by atoms with Gasteiger partial charge in [0.15, 0.2) is 5.83 Å². The first kappa shape index (κ1) is 17.6. The number of allylic oxidation sites excluding steroid dienone is 1. The standard InChI is InChI=1S/C18H23FN4O2/c1-10-8-22-9-14(25-10)11-4-6-13(7-5-11)23-18(24)17(21)15(19)16(20)12-2-3-12/h4-7,10,12,14,20,22H,2-3,8-9,21H2,1H3,(H,23,24)/b17-15+,20-16?/t10-,14-/m1/s1. The molecular weight excluding hydrogens is 323 g/mol. The lowest BCUT2D eigenvalue weighted by Crippen LogP contribution is -2.38. The van der Waals surface area contributed by atoms with Crippen molar-refractivity contribution in [1.82, 2.24) is 5.32 Å². The third-order valence-corrected chi connectivity index (χ3v) is 4.40. The summed E-state index contributed by atoms with van der Waals surface area (Å²) in [6.45, 7) is 3.58. The number of halogens is 1. The predicted octanol–water partition coefficient (Wildman–Crippen LogP) is 2.24. The summed E-state index contributed by atoms with van der Waals surface area (Å²) in [5.41, 5.74) is 6.35. The number of nitrogens with one attached hydrogen (secondary N) is 3. The van der Waals surface area contributed by atoms with Crippen LogP contribution in [0.1, 0.15) is 31.4 Å². The molecule has 3 rings (SSSR count). The monoisotopic (exact) mass is 346 g/mol. The van der Waals surface area contributed by atoms with Crippen molar-refractivity contribution < 1.29 is 13.9 Å². The Bertz CT molecular complexity index is 698. The van der Waals surface area contributed by atoms with Crippen LogP contribution in [0.15, 0.2) is 35.8 Å². The Morgan fingerprint density at radius 1 is 1.32 bits per heavy atom. The Morgan fingerprint density at radius 2 is 2.00 bits per heavy atom. The molecule has 1 heterocycles. The smallest absolute Gasteiger partial charge is 0.274 e. The number of carbonyl (C=O) groups excluding carboxylic acids is 1. The number of anilines is 1. The van der Waals surface area contributed by atoms with Gasteiger partial charge in [0, 0.05) is 24.7 Å². The topological polar surface area (TPSA) is 100 Å². The molecule has 0 spiro atoms. The number of carbonyl (C=O) groups is 1. The molecule has 1 aliphatic heterocycles. The quantitative estimate of drug-likeness (QED) is 0.485. The molecular formula is C18H23FN4O2. The van der Waals surface area contributed by atoms with Gasteiger partial charge in [-0.3, -0.25) is 4.79 Å². The number of morpholine rings is 1. The van der Waals surface area contributed by atoms with E-state index in [2.05, 4.69) is 10.6 Å². The van der Waals surface area contributed by atoms with Gasteiger partial charge in [0.2, 0.25) is 0 Å². The zero-order valence-corrected chi connectivity index (χ0v) is 14.1. The van der Waals surface area contributed by atoms with E-state index in [0.29, 0.717) is 5.69 Å². The van der Waals surface area contributed by atoms with Gasteiger partial charge in [-0.05, 0) is 37.5 Å². The lowest BCUT2D eigenvalue weighted by atomic mass is 10.1. The molecule has 1 aliphatic carbocycles. The summed E-state index contributed by atoms with van der Waals surface area (Å²) >= 11 is 0. The van der Waals surface area contributed by atoms with Crippen LogP contribution in [0.25, 0.3) is 0 Å². The number of amides is 1. The van der Waals surface area contributed by atoms with E-state index in [-0.39, 0.29) is 23.8 Å². The average molecular weight is 346 g/mol. The SMILES string of the molecule is C[C@@H]1CNC[C@H](c2ccc(NC(=O)/C(N)=C(\F)C(=N)C3CC3)cc2)O1. The van der Waals surface area contributed by atoms with Crippen molar-refractivity contribution in [2.24, 2.45) is 11.7 Å². The maximum atomic E-state index is 14.0. The summed E-state index contributed by atoms with van der Waals surface area (Å²) in [6.07, 6.45) is 1.67. The molecule has 25 heavy (non-hydrogen) atoms. The van der Waals surface area contributed by atoms with Crippen LogP contribution in [0.3, 0.4) is 0 Å². The van der Waals surface area contributed by atoms with Gasteiger partial charge >= 0.3 is 0 Å². The molecule has 2 atom stereocenters. The van der Waals surface area contributed by atoms with E-state index >= 15 is 0 Å². The Balaban J connectivity index is 1.63. The van der Waals surface area contributed by atoms with Crippen LogP contribution in [0.5, 0.6) is 0 Å². The van der Waals surface area contributed by atoms with E-state index in [9.17, 15) is 9.18 Å². The Hall–Kier alpha value is -2.25. The molecule has 2 aliphatic rings. The molecule has 0 radical (unpaired) electrons. The molecule has 1 aromatic rings. The van der Waals surface area contributed by atoms with Crippen molar-refractivity contribution in [3.05, 3.63) is 41.4 Å². The highest BCUT2D eigenvalue weighted by molar-refractivity contribution is 6.10. The van der Waals surface area contributed by atoms with Crippen molar-refractivity contribution in [3.63, 3.8) is 0 Å². The minimum absolute atomic E-state index is 0.0325. The molecule has 134 valence electrons. The number of benzene rings is 1. The van der Waals surface area contributed by atoms with Gasteiger partial charge in [-0.15, -0.1) is 0 Å². The molecule has 7 heteroatoms. The molecule has 1 saturated heterocycles. The average Bonchev–Trinajstić information content (AvgIpc) is 3.45. The van der Waals surface area contributed by atoms with Crippen LogP contribution in [-0.2, 0) is 9.53 Å². The number of nitrogens with two attached hydrogens (primary N) is 1.